The number of likely N-dealkylation sites (tertiary alicyclic amines) is 1. The van der Waals surface area contributed by atoms with Crippen molar-refractivity contribution in [2.75, 3.05) is 45.2 Å². The van der Waals surface area contributed by atoms with Crippen LogP contribution in [0.2, 0.25) is 0 Å². The van der Waals surface area contributed by atoms with Crippen LogP contribution in [0.4, 0.5) is 4.79 Å². The Bertz CT molecular complexity index is 593. The molecule has 1 aromatic heterocycles. The molecule has 1 fully saturated rings. The van der Waals surface area contributed by atoms with E-state index in [1.165, 1.54) is 0 Å². The highest BCUT2D eigenvalue weighted by molar-refractivity contribution is 7.98. The summed E-state index contributed by atoms with van der Waals surface area (Å²) in [6, 6.07) is 0.00407. The first kappa shape index (κ1) is 20.3. The first-order valence-corrected chi connectivity index (χ1v) is 10.3. The van der Waals surface area contributed by atoms with E-state index in [0.717, 1.165) is 50.6 Å². The summed E-state index contributed by atoms with van der Waals surface area (Å²) < 4.78 is 5.13. The average Bonchev–Trinajstić information content (AvgIpc) is 3.26. The van der Waals surface area contributed by atoms with E-state index in [-0.39, 0.29) is 12.1 Å². The number of amides is 2. The lowest BCUT2D eigenvalue weighted by Crippen LogP contribution is -2.45. The van der Waals surface area contributed by atoms with E-state index in [2.05, 4.69) is 37.2 Å². The Labute approximate surface area is 158 Å². The number of thioether (sulfide) groups is 1. The number of guanidine groups is 1. The van der Waals surface area contributed by atoms with Gasteiger partial charge < -0.3 is 25.4 Å². The smallest absolute Gasteiger partial charge is 0.314 e. The standard InChI is InChI=1S/C16H29N7O2S/c1-12-20-14(25-22-12)5-4-7-18-15(19-8-10-26-3)23-9-6-13(11-23)21-16(24)17-2/h13H,4-11H2,1-3H3,(H,18,19)(H2,17,21,24). The molecule has 2 amide bonds. The van der Waals surface area contributed by atoms with Gasteiger partial charge in [0, 0.05) is 51.4 Å². The maximum absolute atomic E-state index is 11.5. The molecule has 0 aromatic carbocycles. The zero-order valence-corrected chi connectivity index (χ0v) is 16.6. The summed E-state index contributed by atoms with van der Waals surface area (Å²) in [5, 5.41) is 12.8. The molecule has 1 aliphatic heterocycles. The lowest BCUT2D eigenvalue weighted by Gasteiger charge is -2.22. The molecule has 0 radical (unpaired) electrons. The van der Waals surface area contributed by atoms with Crippen LogP contribution in [0.5, 0.6) is 0 Å². The third-order valence-corrected chi connectivity index (χ3v) is 4.63. The minimum absolute atomic E-state index is 0.138. The number of rotatable bonds is 8. The van der Waals surface area contributed by atoms with Crippen LogP contribution in [-0.2, 0) is 6.42 Å². The Morgan fingerprint density at radius 3 is 3.04 bits per heavy atom. The molecule has 1 saturated heterocycles. The van der Waals surface area contributed by atoms with Gasteiger partial charge in [-0.3, -0.25) is 4.99 Å². The van der Waals surface area contributed by atoms with E-state index in [4.69, 9.17) is 9.52 Å². The van der Waals surface area contributed by atoms with Crippen molar-refractivity contribution in [3.05, 3.63) is 11.7 Å². The monoisotopic (exact) mass is 383 g/mol. The summed E-state index contributed by atoms with van der Waals surface area (Å²) >= 11 is 1.80. The van der Waals surface area contributed by atoms with Gasteiger partial charge in [-0.1, -0.05) is 5.16 Å². The topological polar surface area (TPSA) is 108 Å². The molecular formula is C16H29N7O2S. The van der Waals surface area contributed by atoms with E-state index in [1.54, 1.807) is 18.8 Å². The van der Waals surface area contributed by atoms with Crippen molar-refractivity contribution in [2.24, 2.45) is 4.99 Å². The highest BCUT2D eigenvalue weighted by atomic mass is 32.2. The molecule has 0 saturated carbocycles. The number of urea groups is 1. The molecule has 0 bridgehead atoms. The summed E-state index contributed by atoms with van der Waals surface area (Å²) in [5.41, 5.74) is 0. The molecule has 0 spiro atoms. The number of aliphatic imine (C=N–C) groups is 1. The fraction of sp³-hybridized carbons (Fsp3) is 0.750. The van der Waals surface area contributed by atoms with Crippen molar-refractivity contribution in [1.29, 1.82) is 0 Å². The lowest BCUT2D eigenvalue weighted by molar-refractivity contribution is 0.239. The fourth-order valence-corrected chi connectivity index (χ4v) is 3.02. The fourth-order valence-electron chi connectivity index (χ4n) is 2.72. The van der Waals surface area contributed by atoms with Crippen molar-refractivity contribution in [3.63, 3.8) is 0 Å². The minimum Gasteiger partial charge on any atom is -0.355 e. The molecule has 2 heterocycles. The minimum atomic E-state index is -0.138. The van der Waals surface area contributed by atoms with Crippen LogP contribution < -0.4 is 16.0 Å². The van der Waals surface area contributed by atoms with E-state index >= 15 is 0 Å². The molecule has 2 rings (SSSR count). The summed E-state index contributed by atoms with van der Waals surface area (Å²) in [5.74, 6) is 3.25. The Morgan fingerprint density at radius 1 is 1.50 bits per heavy atom. The number of aromatic nitrogens is 2. The zero-order chi connectivity index (χ0) is 18.8. The molecule has 9 nitrogen and oxygen atoms in total. The predicted molar refractivity (Wildman–Crippen MR) is 104 cm³/mol. The van der Waals surface area contributed by atoms with Crippen molar-refractivity contribution in [2.45, 2.75) is 32.2 Å². The van der Waals surface area contributed by atoms with Crippen LogP contribution >= 0.6 is 11.8 Å². The van der Waals surface area contributed by atoms with Crippen molar-refractivity contribution in [3.8, 4) is 0 Å². The van der Waals surface area contributed by atoms with Gasteiger partial charge >= 0.3 is 6.03 Å². The number of nitrogens with zero attached hydrogens (tertiary/aromatic N) is 4. The van der Waals surface area contributed by atoms with Gasteiger partial charge in [0.15, 0.2) is 11.8 Å². The molecular weight excluding hydrogens is 354 g/mol. The lowest BCUT2D eigenvalue weighted by atomic mass is 10.3. The molecule has 1 aromatic rings. The molecule has 3 N–H and O–H groups in total. The number of aryl methyl sites for hydroxylation is 2. The maximum Gasteiger partial charge on any atom is 0.314 e. The summed E-state index contributed by atoms with van der Waals surface area (Å²) in [7, 11) is 1.63. The molecule has 0 aliphatic carbocycles. The summed E-state index contributed by atoms with van der Waals surface area (Å²) in [6.45, 7) is 5.01. The highest BCUT2D eigenvalue weighted by Gasteiger charge is 2.25. The van der Waals surface area contributed by atoms with E-state index < -0.39 is 0 Å². The Kier molecular flexibility index (Phi) is 8.52. The number of carbonyl (C=O) groups excluding carboxylic acids is 1. The second kappa shape index (κ2) is 10.9. The van der Waals surface area contributed by atoms with Gasteiger partial charge in [-0.2, -0.15) is 16.7 Å². The van der Waals surface area contributed by atoms with E-state index in [9.17, 15) is 4.79 Å². The Morgan fingerprint density at radius 2 is 2.35 bits per heavy atom. The number of hydrogen-bond acceptors (Lipinski definition) is 6. The van der Waals surface area contributed by atoms with Crippen LogP contribution in [0, 0.1) is 6.92 Å². The normalized spacial score (nSPS) is 17.4. The Hall–Kier alpha value is -1.97. The molecule has 10 heteroatoms. The number of carbonyl (C=O) groups is 1. The van der Waals surface area contributed by atoms with Crippen LogP contribution in [0.25, 0.3) is 0 Å². The zero-order valence-electron chi connectivity index (χ0n) is 15.7. The molecule has 1 unspecified atom stereocenters. The van der Waals surface area contributed by atoms with Gasteiger partial charge in [0.25, 0.3) is 0 Å². The van der Waals surface area contributed by atoms with Crippen molar-refractivity contribution in [1.82, 2.24) is 31.0 Å². The van der Waals surface area contributed by atoms with Crippen LogP contribution in [-0.4, -0.2) is 78.3 Å². The molecule has 26 heavy (non-hydrogen) atoms. The van der Waals surface area contributed by atoms with Crippen molar-refractivity contribution >= 4 is 23.8 Å². The van der Waals surface area contributed by atoms with Gasteiger partial charge in [0.2, 0.25) is 5.89 Å². The van der Waals surface area contributed by atoms with E-state index in [1.807, 2.05) is 6.92 Å². The summed E-state index contributed by atoms with van der Waals surface area (Å²) in [4.78, 5) is 22.6. The highest BCUT2D eigenvalue weighted by Crippen LogP contribution is 2.10. The van der Waals surface area contributed by atoms with Crippen molar-refractivity contribution < 1.29 is 9.32 Å². The van der Waals surface area contributed by atoms with Crippen LogP contribution in [0.1, 0.15) is 24.6 Å². The number of hydrogen-bond donors (Lipinski definition) is 3. The third-order valence-electron chi connectivity index (χ3n) is 4.02. The predicted octanol–water partition coefficient (Wildman–Crippen LogP) is 0.623. The van der Waals surface area contributed by atoms with Crippen LogP contribution in [0.3, 0.4) is 0 Å². The maximum atomic E-state index is 11.5. The van der Waals surface area contributed by atoms with Gasteiger partial charge in [-0.25, -0.2) is 4.79 Å². The van der Waals surface area contributed by atoms with Gasteiger partial charge in [0.1, 0.15) is 0 Å². The first-order chi connectivity index (χ1) is 12.6. The second-order valence-corrected chi connectivity index (χ2v) is 7.10. The Balaban J connectivity index is 1.84. The average molecular weight is 384 g/mol. The molecule has 146 valence electrons. The first-order valence-electron chi connectivity index (χ1n) is 8.92. The van der Waals surface area contributed by atoms with Gasteiger partial charge in [-0.15, -0.1) is 0 Å². The second-order valence-electron chi connectivity index (χ2n) is 6.12. The van der Waals surface area contributed by atoms with Gasteiger partial charge in [0.05, 0.1) is 0 Å². The van der Waals surface area contributed by atoms with Gasteiger partial charge in [-0.05, 0) is 26.0 Å². The SMILES string of the molecule is CNC(=O)NC1CCN(C(=NCCCc2nc(C)no2)NCCSC)C1. The largest absolute Gasteiger partial charge is 0.355 e. The quantitative estimate of drug-likeness (QED) is 0.343. The third kappa shape index (κ3) is 6.74. The number of nitrogens with one attached hydrogen (secondary N) is 3. The molecule has 1 aliphatic rings. The van der Waals surface area contributed by atoms with E-state index in [0.29, 0.717) is 18.3 Å². The summed E-state index contributed by atoms with van der Waals surface area (Å²) in [6.07, 6.45) is 4.58. The van der Waals surface area contributed by atoms with Crippen LogP contribution in [0.15, 0.2) is 9.52 Å². The molecule has 1 atom stereocenters.